The molecular formula is C24H29N5O8. The Labute approximate surface area is 212 Å². The Morgan fingerprint density at radius 3 is 2.00 bits per heavy atom. The molecule has 198 valence electrons. The van der Waals surface area contributed by atoms with Gasteiger partial charge in [-0.2, -0.15) is 0 Å². The highest BCUT2D eigenvalue weighted by molar-refractivity contribution is 5.88. The van der Waals surface area contributed by atoms with Crippen molar-refractivity contribution in [3.05, 3.63) is 72.2 Å². The van der Waals surface area contributed by atoms with Crippen LogP contribution in [0.3, 0.4) is 0 Å². The lowest BCUT2D eigenvalue weighted by Gasteiger charge is -2.21. The molecule has 0 aromatic carbocycles. The molecule has 3 rings (SSSR count). The second-order valence-corrected chi connectivity index (χ2v) is 8.31. The van der Waals surface area contributed by atoms with Crippen LogP contribution in [0.2, 0.25) is 0 Å². The maximum atomic E-state index is 10.3. The molecule has 0 fully saturated rings. The van der Waals surface area contributed by atoms with Crippen molar-refractivity contribution in [2.75, 3.05) is 19.0 Å². The molecular weight excluding hydrogens is 486 g/mol. The third-order valence-electron chi connectivity index (χ3n) is 4.85. The molecule has 13 nitrogen and oxygen atoms in total. The fourth-order valence-electron chi connectivity index (χ4n) is 3.14. The zero-order valence-corrected chi connectivity index (χ0v) is 20.4. The number of carboxylic acids is 3. The number of aliphatic carboxylic acids is 3. The van der Waals surface area contributed by atoms with Gasteiger partial charge in [-0.3, -0.25) is 19.5 Å². The summed E-state index contributed by atoms with van der Waals surface area (Å²) in [6, 6.07) is 9.84. The predicted molar refractivity (Wildman–Crippen MR) is 129 cm³/mol. The van der Waals surface area contributed by atoms with Crippen molar-refractivity contribution in [2.45, 2.75) is 38.1 Å². The Balaban J connectivity index is 0.000000317. The number of nitrogens with zero attached hydrogens (tertiary/aromatic N) is 5. The molecule has 0 spiro atoms. The Morgan fingerprint density at radius 1 is 0.892 bits per heavy atom. The van der Waals surface area contributed by atoms with Crippen molar-refractivity contribution in [3.8, 4) is 0 Å². The lowest BCUT2D eigenvalue weighted by molar-refractivity contribution is -0.170. The highest BCUT2D eigenvalue weighted by Gasteiger charge is 2.40. The van der Waals surface area contributed by atoms with E-state index in [9.17, 15) is 14.4 Å². The van der Waals surface area contributed by atoms with Gasteiger partial charge < -0.3 is 29.7 Å². The minimum atomic E-state index is -2.74. The molecule has 4 N–H and O–H groups in total. The van der Waals surface area contributed by atoms with Crippen LogP contribution in [0.25, 0.3) is 0 Å². The van der Waals surface area contributed by atoms with Gasteiger partial charge in [-0.05, 0) is 24.3 Å². The maximum absolute atomic E-state index is 10.3. The van der Waals surface area contributed by atoms with E-state index in [1.807, 2.05) is 67.9 Å². The minimum Gasteiger partial charge on any atom is -0.481 e. The molecule has 37 heavy (non-hydrogen) atoms. The van der Waals surface area contributed by atoms with Crippen molar-refractivity contribution in [3.63, 3.8) is 0 Å². The van der Waals surface area contributed by atoms with Gasteiger partial charge in [-0.25, -0.2) is 14.8 Å². The number of anilines is 1. The van der Waals surface area contributed by atoms with Crippen molar-refractivity contribution in [1.82, 2.24) is 19.9 Å². The van der Waals surface area contributed by atoms with Crippen LogP contribution in [0, 0.1) is 0 Å². The van der Waals surface area contributed by atoms with Crippen LogP contribution >= 0.6 is 0 Å². The summed E-state index contributed by atoms with van der Waals surface area (Å²) in [5.74, 6) is -3.38. The fraction of sp³-hybridized carbons (Fsp3) is 0.333. The number of hydrogen-bond acceptors (Lipinski definition) is 10. The van der Waals surface area contributed by atoms with E-state index in [0.717, 1.165) is 30.1 Å². The van der Waals surface area contributed by atoms with E-state index in [0.29, 0.717) is 12.5 Å². The zero-order valence-electron chi connectivity index (χ0n) is 20.4. The molecule has 13 heteroatoms. The van der Waals surface area contributed by atoms with Crippen molar-refractivity contribution >= 4 is 23.9 Å². The molecule has 0 bridgehead atoms. The highest BCUT2D eigenvalue weighted by Crippen LogP contribution is 2.16. The quantitative estimate of drug-likeness (QED) is 0.271. The van der Waals surface area contributed by atoms with Crippen molar-refractivity contribution < 1.29 is 39.2 Å². The molecule has 0 radical (unpaired) electrons. The molecule has 0 aliphatic carbocycles. The molecule has 0 aliphatic heterocycles. The smallest absolute Gasteiger partial charge is 0.336 e. The van der Waals surface area contributed by atoms with Gasteiger partial charge in [0.05, 0.1) is 31.3 Å². The first kappa shape index (κ1) is 28.9. The zero-order chi connectivity index (χ0) is 27.4. The highest BCUT2D eigenvalue weighted by atomic mass is 16.4. The van der Waals surface area contributed by atoms with E-state index in [1.165, 1.54) is 0 Å². The second kappa shape index (κ2) is 13.7. The Kier molecular flexibility index (Phi) is 10.7. The van der Waals surface area contributed by atoms with E-state index in [1.54, 1.807) is 6.26 Å². The first-order valence-electron chi connectivity index (χ1n) is 11.0. The fourth-order valence-corrected chi connectivity index (χ4v) is 3.14. The molecule has 3 heterocycles. The van der Waals surface area contributed by atoms with Gasteiger partial charge in [0.1, 0.15) is 5.76 Å². The number of pyridine rings is 1. The van der Waals surface area contributed by atoms with Crippen LogP contribution in [-0.4, -0.2) is 77.9 Å². The number of rotatable bonds is 12. The number of aromatic nitrogens is 3. The number of carboxylic acid groups (broad SMARTS) is 3. The summed E-state index contributed by atoms with van der Waals surface area (Å²) in [5, 5.41) is 33.8. The van der Waals surface area contributed by atoms with Crippen molar-refractivity contribution in [1.29, 1.82) is 0 Å². The summed E-state index contributed by atoms with van der Waals surface area (Å²) in [4.78, 5) is 47.8. The SMILES string of the molecule is CN(C)c1ncc(CN(Cc2ccccn2)Cc2ccco2)cn1.O=C(O)CC(O)(CC(=O)O)C(=O)O. The summed E-state index contributed by atoms with van der Waals surface area (Å²) >= 11 is 0. The molecule has 0 atom stereocenters. The first-order valence-corrected chi connectivity index (χ1v) is 11.0. The van der Waals surface area contributed by atoms with Gasteiger partial charge >= 0.3 is 17.9 Å². The van der Waals surface area contributed by atoms with E-state index in [2.05, 4.69) is 19.9 Å². The number of hydrogen-bond donors (Lipinski definition) is 4. The summed E-state index contributed by atoms with van der Waals surface area (Å²) in [5.41, 5.74) is -0.657. The summed E-state index contributed by atoms with van der Waals surface area (Å²) in [6.45, 7) is 2.17. The first-order chi connectivity index (χ1) is 17.5. The molecule has 3 aromatic rings. The largest absolute Gasteiger partial charge is 0.481 e. The van der Waals surface area contributed by atoms with Crippen LogP contribution < -0.4 is 4.90 Å². The minimum absolute atomic E-state index is 0.707. The average molecular weight is 516 g/mol. The molecule has 0 saturated heterocycles. The normalized spacial score (nSPS) is 10.9. The number of furan rings is 1. The van der Waals surface area contributed by atoms with Gasteiger partial charge in [0, 0.05) is 51.3 Å². The van der Waals surface area contributed by atoms with Gasteiger partial charge in [-0.15, -0.1) is 0 Å². The Bertz CT molecular complexity index is 1120. The maximum Gasteiger partial charge on any atom is 0.336 e. The molecule has 0 saturated carbocycles. The lowest BCUT2D eigenvalue weighted by Crippen LogP contribution is -2.42. The topological polar surface area (TPSA) is 190 Å². The monoisotopic (exact) mass is 515 g/mol. The predicted octanol–water partition coefficient (Wildman–Crippen LogP) is 1.48. The number of carbonyl (C=O) groups is 3. The lowest BCUT2D eigenvalue weighted by atomic mass is 9.96. The molecule has 0 aliphatic rings. The second-order valence-electron chi connectivity index (χ2n) is 8.31. The average Bonchev–Trinajstić information content (AvgIpc) is 3.32. The van der Waals surface area contributed by atoms with Gasteiger partial charge in [0.15, 0.2) is 5.60 Å². The standard InChI is InChI=1S/C18H21N5O.C6H8O7/c1-22(2)18-20-10-15(11-21-18)12-23(14-17-7-5-9-24-17)13-16-6-3-4-8-19-16;7-3(8)1-6(13,5(11)12)2-4(9)10/h3-11H,12-14H2,1-2H3;13H,1-2H2,(H,7,8)(H,9,10)(H,11,12). The van der Waals surface area contributed by atoms with Gasteiger partial charge in [-0.1, -0.05) is 6.07 Å². The van der Waals surface area contributed by atoms with Crippen LogP contribution in [0.1, 0.15) is 29.9 Å². The van der Waals surface area contributed by atoms with E-state index < -0.39 is 36.4 Å². The summed E-state index contributed by atoms with van der Waals surface area (Å²) in [6.07, 6.45) is 4.97. The van der Waals surface area contributed by atoms with Gasteiger partial charge in [0.2, 0.25) is 5.95 Å². The van der Waals surface area contributed by atoms with E-state index >= 15 is 0 Å². The molecule has 0 amide bonds. The van der Waals surface area contributed by atoms with Crippen molar-refractivity contribution in [2.24, 2.45) is 0 Å². The summed E-state index contributed by atoms with van der Waals surface area (Å²) < 4.78 is 5.49. The molecule has 0 unspecified atom stereocenters. The van der Waals surface area contributed by atoms with Crippen LogP contribution in [0.4, 0.5) is 5.95 Å². The Hall–Kier alpha value is -4.36. The van der Waals surface area contributed by atoms with Gasteiger partial charge in [0.25, 0.3) is 0 Å². The van der Waals surface area contributed by atoms with Crippen LogP contribution in [0.15, 0.2) is 59.6 Å². The number of aliphatic hydroxyl groups is 1. The third-order valence-corrected chi connectivity index (χ3v) is 4.85. The Morgan fingerprint density at radius 2 is 1.54 bits per heavy atom. The summed E-state index contributed by atoms with van der Waals surface area (Å²) in [7, 11) is 3.86. The van der Waals surface area contributed by atoms with Crippen LogP contribution in [0.5, 0.6) is 0 Å². The molecule has 3 aromatic heterocycles. The van der Waals surface area contributed by atoms with E-state index in [4.69, 9.17) is 24.8 Å². The van der Waals surface area contributed by atoms with E-state index in [-0.39, 0.29) is 0 Å². The van der Waals surface area contributed by atoms with Crippen LogP contribution in [-0.2, 0) is 34.0 Å². The third kappa shape index (κ3) is 10.0.